The summed E-state index contributed by atoms with van der Waals surface area (Å²) >= 11 is 0. The molecule has 0 aliphatic carbocycles. The summed E-state index contributed by atoms with van der Waals surface area (Å²) < 4.78 is 0. The molecule has 21 heavy (non-hydrogen) atoms. The zero-order valence-electron chi connectivity index (χ0n) is 13.3. The average molecular weight is 284 g/mol. The minimum Gasteiger partial charge on any atom is -0.362 e. The summed E-state index contributed by atoms with van der Waals surface area (Å²) in [6.45, 7) is 4.22. The van der Waals surface area contributed by atoms with Crippen molar-refractivity contribution in [1.82, 2.24) is 9.97 Å². The molecule has 0 amide bonds. The molecule has 0 bridgehead atoms. The smallest absolute Gasteiger partial charge is 0.225 e. The highest BCUT2D eigenvalue weighted by molar-refractivity contribution is 5.48. The maximum Gasteiger partial charge on any atom is 0.225 e. The predicted molar refractivity (Wildman–Crippen MR) is 88.8 cm³/mol. The molecule has 2 rings (SSSR count). The fraction of sp³-hybridized carbons (Fsp3) is 0.412. The molecule has 0 fully saturated rings. The second kappa shape index (κ2) is 7.07. The van der Waals surface area contributed by atoms with Gasteiger partial charge in [-0.2, -0.15) is 4.98 Å². The molecule has 2 aromatic rings. The molecule has 1 atom stereocenters. The zero-order valence-corrected chi connectivity index (χ0v) is 13.3. The standard InChI is InChI=1S/C17H24N4/c1-5-9-15(14-10-7-6-8-11-14)19-17-18-12-13(2)16(20-17)21(3)4/h6-8,10-12,15H,5,9H2,1-4H3,(H,18,19,20). The Morgan fingerprint density at radius 3 is 2.52 bits per heavy atom. The molecular formula is C17H24N4. The number of rotatable bonds is 6. The van der Waals surface area contributed by atoms with Crippen LogP contribution in [0.15, 0.2) is 36.5 Å². The molecule has 112 valence electrons. The van der Waals surface area contributed by atoms with Crippen molar-refractivity contribution in [2.45, 2.75) is 32.7 Å². The van der Waals surface area contributed by atoms with Crippen molar-refractivity contribution in [3.05, 3.63) is 47.7 Å². The lowest BCUT2D eigenvalue weighted by molar-refractivity contribution is 0.670. The molecule has 0 radical (unpaired) electrons. The predicted octanol–water partition coefficient (Wildman–Crippen LogP) is 3.80. The van der Waals surface area contributed by atoms with E-state index in [1.165, 1.54) is 5.56 Å². The largest absolute Gasteiger partial charge is 0.362 e. The molecule has 1 N–H and O–H groups in total. The zero-order chi connectivity index (χ0) is 15.2. The van der Waals surface area contributed by atoms with Crippen molar-refractivity contribution >= 4 is 11.8 Å². The highest BCUT2D eigenvalue weighted by Crippen LogP contribution is 2.23. The van der Waals surface area contributed by atoms with Crippen LogP contribution in [-0.2, 0) is 0 Å². The van der Waals surface area contributed by atoms with Gasteiger partial charge in [0.25, 0.3) is 0 Å². The van der Waals surface area contributed by atoms with E-state index in [1.807, 2.05) is 38.2 Å². The first kappa shape index (κ1) is 15.3. The van der Waals surface area contributed by atoms with Gasteiger partial charge < -0.3 is 10.2 Å². The Labute approximate surface area is 127 Å². The summed E-state index contributed by atoms with van der Waals surface area (Å²) in [5.74, 6) is 1.64. The number of benzene rings is 1. The van der Waals surface area contributed by atoms with Crippen LogP contribution in [0.5, 0.6) is 0 Å². The van der Waals surface area contributed by atoms with E-state index >= 15 is 0 Å². The van der Waals surface area contributed by atoms with E-state index in [0.717, 1.165) is 24.2 Å². The van der Waals surface area contributed by atoms with E-state index in [9.17, 15) is 0 Å². The third kappa shape index (κ3) is 3.94. The monoisotopic (exact) mass is 284 g/mol. The second-order valence-electron chi connectivity index (χ2n) is 5.49. The molecule has 0 aliphatic rings. The lowest BCUT2D eigenvalue weighted by Crippen LogP contribution is -2.17. The van der Waals surface area contributed by atoms with Crippen LogP contribution >= 0.6 is 0 Å². The van der Waals surface area contributed by atoms with Crippen LogP contribution in [0.4, 0.5) is 11.8 Å². The highest BCUT2D eigenvalue weighted by atomic mass is 15.2. The van der Waals surface area contributed by atoms with Gasteiger partial charge in [0.1, 0.15) is 5.82 Å². The average Bonchev–Trinajstić information content (AvgIpc) is 2.49. The third-order valence-corrected chi connectivity index (χ3v) is 3.45. The van der Waals surface area contributed by atoms with Crippen molar-refractivity contribution in [1.29, 1.82) is 0 Å². The Balaban J connectivity index is 2.23. The normalized spacial score (nSPS) is 12.0. The molecule has 0 saturated carbocycles. The van der Waals surface area contributed by atoms with Gasteiger partial charge in [-0.25, -0.2) is 4.98 Å². The van der Waals surface area contributed by atoms with E-state index in [0.29, 0.717) is 5.95 Å². The SMILES string of the molecule is CCCC(Nc1ncc(C)c(N(C)C)n1)c1ccccc1. The van der Waals surface area contributed by atoms with E-state index in [2.05, 4.69) is 46.5 Å². The Kier molecular flexibility index (Phi) is 5.14. The highest BCUT2D eigenvalue weighted by Gasteiger charge is 2.13. The Morgan fingerprint density at radius 1 is 1.19 bits per heavy atom. The molecule has 1 aromatic carbocycles. The number of nitrogens with zero attached hydrogens (tertiary/aromatic N) is 3. The van der Waals surface area contributed by atoms with Crippen LogP contribution in [-0.4, -0.2) is 24.1 Å². The molecule has 0 spiro atoms. The number of hydrogen-bond donors (Lipinski definition) is 1. The summed E-state index contributed by atoms with van der Waals surface area (Å²) in [5.41, 5.74) is 2.35. The lowest BCUT2D eigenvalue weighted by Gasteiger charge is -2.20. The first-order valence-corrected chi connectivity index (χ1v) is 7.44. The molecule has 4 heteroatoms. The van der Waals surface area contributed by atoms with Crippen LogP contribution in [0, 0.1) is 6.92 Å². The number of anilines is 2. The van der Waals surface area contributed by atoms with Crippen LogP contribution in [0.1, 0.15) is 36.9 Å². The van der Waals surface area contributed by atoms with Crippen LogP contribution in [0.25, 0.3) is 0 Å². The topological polar surface area (TPSA) is 41.1 Å². The van der Waals surface area contributed by atoms with Gasteiger partial charge in [-0.05, 0) is 18.9 Å². The minimum absolute atomic E-state index is 0.244. The Morgan fingerprint density at radius 2 is 1.90 bits per heavy atom. The molecule has 1 unspecified atom stereocenters. The van der Waals surface area contributed by atoms with Crippen molar-refractivity contribution in [2.75, 3.05) is 24.3 Å². The summed E-state index contributed by atoms with van der Waals surface area (Å²) in [7, 11) is 4.00. The van der Waals surface area contributed by atoms with Gasteiger partial charge in [0.05, 0.1) is 6.04 Å². The second-order valence-corrected chi connectivity index (χ2v) is 5.49. The van der Waals surface area contributed by atoms with E-state index < -0.39 is 0 Å². The first-order chi connectivity index (χ1) is 10.1. The minimum atomic E-state index is 0.244. The van der Waals surface area contributed by atoms with Gasteiger partial charge in [0.2, 0.25) is 5.95 Å². The summed E-state index contributed by atoms with van der Waals surface area (Å²) in [5, 5.41) is 3.47. The first-order valence-electron chi connectivity index (χ1n) is 7.44. The molecule has 1 aromatic heterocycles. The van der Waals surface area contributed by atoms with E-state index in [-0.39, 0.29) is 6.04 Å². The van der Waals surface area contributed by atoms with Crippen LogP contribution in [0.2, 0.25) is 0 Å². The quantitative estimate of drug-likeness (QED) is 0.876. The molecule has 0 saturated heterocycles. The fourth-order valence-corrected chi connectivity index (χ4v) is 2.41. The van der Waals surface area contributed by atoms with Crippen molar-refractivity contribution < 1.29 is 0 Å². The summed E-state index contributed by atoms with van der Waals surface area (Å²) in [4.78, 5) is 11.1. The Hall–Kier alpha value is -2.10. The van der Waals surface area contributed by atoms with Crippen molar-refractivity contribution in [3.8, 4) is 0 Å². The molecule has 1 heterocycles. The van der Waals surface area contributed by atoms with Crippen LogP contribution in [0.3, 0.4) is 0 Å². The van der Waals surface area contributed by atoms with E-state index in [1.54, 1.807) is 0 Å². The van der Waals surface area contributed by atoms with Gasteiger partial charge in [-0.1, -0.05) is 43.7 Å². The summed E-state index contributed by atoms with van der Waals surface area (Å²) in [6.07, 6.45) is 4.04. The van der Waals surface area contributed by atoms with Gasteiger partial charge in [-0.3, -0.25) is 0 Å². The summed E-state index contributed by atoms with van der Waals surface area (Å²) in [6, 6.07) is 10.7. The van der Waals surface area contributed by atoms with Crippen LogP contribution < -0.4 is 10.2 Å². The van der Waals surface area contributed by atoms with Gasteiger partial charge in [0, 0.05) is 25.9 Å². The molecule has 0 aliphatic heterocycles. The molecule has 4 nitrogen and oxygen atoms in total. The molecular weight excluding hydrogens is 260 g/mol. The Bertz CT molecular complexity index is 566. The number of aromatic nitrogens is 2. The third-order valence-electron chi connectivity index (χ3n) is 3.45. The van der Waals surface area contributed by atoms with Crippen molar-refractivity contribution in [2.24, 2.45) is 0 Å². The van der Waals surface area contributed by atoms with Gasteiger partial charge >= 0.3 is 0 Å². The number of nitrogens with one attached hydrogen (secondary N) is 1. The van der Waals surface area contributed by atoms with Gasteiger partial charge in [-0.15, -0.1) is 0 Å². The van der Waals surface area contributed by atoms with Crippen molar-refractivity contribution in [3.63, 3.8) is 0 Å². The van der Waals surface area contributed by atoms with Gasteiger partial charge in [0.15, 0.2) is 0 Å². The maximum absolute atomic E-state index is 4.62. The maximum atomic E-state index is 4.62. The lowest BCUT2D eigenvalue weighted by atomic mass is 10.0. The van der Waals surface area contributed by atoms with E-state index in [4.69, 9.17) is 0 Å². The number of aryl methyl sites for hydroxylation is 1. The number of hydrogen-bond acceptors (Lipinski definition) is 4. The fourth-order valence-electron chi connectivity index (χ4n) is 2.41.